The van der Waals surface area contributed by atoms with Crippen LogP contribution >= 0.6 is 0 Å². The highest BCUT2D eigenvalue weighted by Crippen LogP contribution is 2.23. The first-order valence-electron chi connectivity index (χ1n) is 8.86. The van der Waals surface area contributed by atoms with Gasteiger partial charge in [-0.1, -0.05) is 18.2 Å². The summed E-state index contributed by atoms with van der Waals surface area (Å²) in [4.78, 5) is 16.5. The predicted molar refractivity (Wildman–Crippen MR) is 101 cm³/mol. The molecule has 1 amide bonds. The Hall–Kier alpha value is -2.64. The van der Waals surface area contributed by atoms with Crippen molar-refractivity contribution in [2.75, 3.05) is 18.4 Å². The van der Waals surface area contributed by atoms with Gasteiger partial charge in [0.15, 0.2) is 0 Å². The van der Waals surface area contributed by atoms with Crippen molar-refractivity contribution < 1.29 is 9.90 Å². The fourth-order valence-electron chi connectivity index (χ4n) is 2.87. The molecule has 1 aliphatic rings. The number of benzene rings is 1. The van der Waals surface area contributed by atoms with Gasteiger partial charge in [0.1, 0.15) is 17.6 Å². The van der Waals surface area contributed by atoms with Crippen LogP contribution in [0.2, 0.25) is 0 Å². The summed E-state index contributed by atoms with van der Waals surface area (Å²) in [6.07, 6.45) is 3.32. The number of anilines is 1. The van der Waals surface area contributed by atoms with E-state index in [1.807, 2.05) is 37.4 Å². The van der Waals surface area contributed by atoms with Gasteiger partial charge in [0.25, 0.3) is 0 Å². The number of carbonyl (C=O) groups excluding carboxylic acids is 1. The van der Waals surface area contributed by atoms with Crippen molar-refractivity contribution in [3.05, 3.63) is 53.7 Å². The summed E-state index contributed by atoms with van der Waals surface area (Å²) in [5, 5.41) is 15.6. The third-order valence-electron chi connectivity index (χ3n) is 4.39. The Kier molecular flexibility index (Phi) is 6.04. The molecule has 2 atom stereocenters. The number of phenols is 1. The van der Waals surface area contributed by atoms with E-state index in [9.17, 15) is 9.90 Å². The minimum atomic E-state index is -0.263. The van der Waals surface area contributed by atoms with Crippen molar-refractivity contribution in [1.82, 2.24) is 21.2 Å². The summed E-state index contributed by atoms with van der Waals surface area (Å²) in [6, 6.07) is 10.8. The Labute approximate surface area is 153 Å². The van der Waals surface area contributed by atoms with Gasteiger partial charge in [0.05, 0.1) is 0 Å². The molecule has 3 rings (SSSR count). The van der Waals surface area contributed by atoms with Crippen LogP contribution in [0.25, 0.3) is 0 Å². The molecule has 26 heavy (non-hydrogen) atoms. The van der Waals surface area contributed by atoms with Crippen molar-refractivity contribution >= 4 is 11.7 Å². The lowest BCUT2D eigenvalue weighted by Gasteiger charge is -2.11. The zero-order valence-electron chi connectivity index (χ0n) is 14.8. The predicted octanol–water partition coefficient (Wildman–Crippen LogP) is 1.62. The zero-order chi connectivity index (χ0) is 18.4. The molecule has 138 valence electrons. The van der Waals surface area contributed by atoms with Gasteiger partial charge >= 0.3 is 0 Å². The third-order valence-corrected chi connectivity index (χ3v) is 4.39. The molecule has 5 N–H and O–H groups in total. The van der Waals surface area contributed by atoms with Crippen LogP contribution in [0.5, 0.6) is 5.75 Å². The van der Waals surface area contributed by atoms with Crippen LogP contribution in [0.3, 0.4) is 0 Å². The molecular weight excluding hydrogens is 330 g/mol. The standard InChI is InChI=1S/C19H25N5O2/c1-13-3-8-18(22-12-13)20-9-2-10-21-19(26)17-11-16(23-24-17)14-4-6-15(25)7-5-14/h3-8,12,16-17,23-25H,2,9-11H2,1H3,(H,20,22)(H,21,26). The smallest absolute Gasteiger partial charge is 0.238 e. The highest BCUT2D eigenvalue weighted by Gasteiger charge is 2.29. The van der Waals surface area contributed by atoms with E-state index in [2.05, 4.69) is 26.5 Å². The van der Waals surface area contributed by atoms with Crippen molar-refractivity contribution in [2.45, 2.75) is 31.8 Å². The maximum atomic E-state index is 12.3. The second kappa shape index (κ2) is 8.64. The SMILES string of the molecule is Cc1ccc(NCCCNC(=O)C2CC(c3ccc(O)cc3)NN2)nc1. The summed E-state index contributed by atoms with van der Waals surface area (Å²) < 4.78 is 0. The largest absolute Gasteiger partial charge is 0.508 e. The van der Waals surface area contributed by atoms with Gasteiger partial charge in [-0.25, -0.2) is 15.8 Å². The molecule has 2 heterocycles. The van der Waals surface area contributed by atoms with Gasteiger partial charge in [0.2, 0.25) is 5.91 Å². The summed E-state index contributed by atoms with van der Waals surface area (Å²) in [5.74, 6) is 1.08. The second-order valence-corrected chi connectivity index (χ2v) is 6.51. The molecule has 7 nitrogen and oxygen atoms in total. The van der Waals surface area contributed by atoms with Crippen LogP contribution in [-0.2, 0) is 4.79 Å². The van der Waals surface area contributed by atoms with E-state index in [4.69, 9.17) is 0 Å². The molecule has 1 aromatic carbocycles. The number of hydrogen-bond acceptors (Lipinski definition) is 6. The number of phenolic OH excluding ortho intramolecular Hbond substituents is 1. The topological polar surface area (TPSA) is 98.3 Å². The van der Waals surface area contributed by atoms with Crippen molar-refractivity contribution in [3.8, 4) is 5.75 Å². The number of nitrogens with zero attached hydrogens (tertiary/aromatic N) is 1. The van der Waals surface area contributed by atoms with E-state index in [0.29, 0.717) is 13.0 Å². The number of nitrogens with one attached hydrogen (secondary N) is 4. The molecule has 7 heteroatoms. The van der Waals surface area contributed by atoms with Gasteiger partial charge in [-0.05, 0) is 49.1 Å². The van der Waals surface area contributed by atoms with Crippen molar-refractivity contribution in [3.63, 3.8) is 0 Å². The highest BCUT2D eigenvalue weighted by molar-refractivity contribution is 5.82. The Morgan fingerprint density at radius 3 is 2.73 bits per heavy atom. The summed E-state index contributed by atoms with van der Waals surface area (Å²) in [5.41, 5.74) is 8.35. The van der Waals surface area contributed by atoms with Crippen molar-refractivity contribution in [1.29, 1.82) is 0 Å². The number of carbonyl (C=O) groups is 1. The van der Waals surface area contributed by atoms with E-state index >= 15 is 0 Å². The number of amides is 1. The van der Waals surface area contributed by atoms with Crippen LogP contribution in [0.15, 0.2) is 42.6 Å². The molecule has 2 unspecified atom stereocenters. The third kappa shape index (κ3) is 4.93. The maximum Gasteiger partial charge on any atom is 0.238 e. The lowest BCUT2D eigenvalue weighted by atomic mass is 10.0. The molecule has 0 aliphatic carbocycles. The van der Waals surface area contributed by atoms with Crippen LogP contribution in [0.1, 0.15) is 30.0 Å². The second-order valence-electron chi connectivity index (χ2n) is 6.51. The Bertz CT molecular complexity index is 718. The van der Waals surface area contributed by atoms with Gasteiger partial charge in [-0.2, -0.15) is 0 Å². The molecule has 0 radical (unpaired) electrons. The molecular formula is C19H25N5O2. The number of aryl methyl sites for hydroxylation is 1. The minimum Gasteiger partial charge on any atom is -0.508 e. The quantitative estimate of drug-likeness (QED) is 0.484. The lowest BCUT2D eigenvalue weighted by Crippen LogP contribution is -2.43. The van der Waals surface area contributed by atoms with Gasteiger partial charge in [-0.3, -0.25) is 4.79 Å². The average molecular weight is 355 g/mol. The molecule has 1 aromatic heterocycles. The number of pyridine rings is 1. The zero-order valence-corrected chi connectivity index (χ0v) is 14.8. The molecule has 1 aliphatic heterocycles. The number of hydrazine groups is 1. The maximum absolute atomic E-state index is 12.3. The Morgan fingerprint density at radius 1 is 1.19 bits per heavy atom. The minimum absolute atomic E-state index is 0.00719. The summed E-state index contributed by atoms with van der Waals surface area (Å²) in [7, 11) is 0. The fourth-order valence-corrected chi connectivity index (χ4v) is 2.87. The number of aromatic nitrogens is 1. The molecule has 0 spiro atoms. The molecule has 1 fully saturated rings. The first-order valence-corrected chi connectivity index (χ1v) is 8.86. The summed E-state index contributed by atoms with van der Waals surface area (Å²) >= 11 is 0. The monoisotopic (exact) mass is 355 g/mol. The van der Waals surface area contributed by atoms with Gasteiger partial charge in [0, 0.05) is 25.3 Å². The van der Waals surface area contributed by atoms with E-state index in [1.165, 1.54) is 0 Å². The number of aromatic hydroxyl groups is 1. The first-order chi connectivity index (χ1) is 12.6. The van der Waals surface area contributed by atoms with E-state index in [0.717, 1.165) is 29.9 Å². The molecule has 0 saturated carbocycles. The Morgan fingerprint density at radius 2 is 2.00 bits per heavy atom. The Balaban J connectivity index is 1.35. The fraction of sp³-hybridized carbons (Fsp3) is 0.368. The van der Waals surface area contributed by atoms with Crippen LogP contribution < -0.4 is 21.5 Å². The van der Waals surface area contributed by atoms with Crippen LogP contribution in [0, 0.1) is 6.92 Å². The number of rotatable bonds is 7. The first kappa shape index (κ1) is 18.2. The molecule has 1 saturated heterocycles. The molecule has 2 aromatic rings. The van der Waals surface area contributed by atoms with Crippen LogP contribution in [0.4, 0.5) is 5.82 Å². The average Bonchev–Trinajstić information content (AvgIpc) is 3.14. The summed E-state index contributed by atoms with van der Waals surface area (Å²) in [6.45, 7) is 3.37. The van der Waals surface area contributed by atoms with Crippen molar-refractivity contribution in [2.24, 2.45) is 0 Å². The van der Waals surface area contributed by atoms with E-state index in [-0.39, 0.29) is 23.7 Å². The number of hydrogen-bond donors (Lipinski definition) is 5. The van der Waals surface area contributed by atoms with Crippen LogP contribution in [-0.4, -0.2) is 35.1 Å². The lowest BCUT2D eigenvalue weighted by molar-refractivity contribution is -0.122. The van der Waals surface area contributed by atoms with E-state index in [1.54, 1.807) is 12.1 Å². The molecule has 0 bridgehead atoms. The van der Waals surface area contributed by atoms with E-state index < -0.39 is 0 Å². The van der Waals surface area contributed by atoms with Gasteiger partial charge < -0.3 is 15.7 Å². The normalized spacial score (nSPS) is 19.3. The van der Waals surface area contributed by atoms with Gasteiger partial charge in [-0.15, -0.1) is 0 Å². The highest BCUT2D eigenvalue weighted by atomic mass is 16.3.